The molecular weight excluding hydrogens is 403 g/mol. The van der Waals surface area contributed by atoms with E-state index in [0.29, 0.717) is 34.8 Å². The molecule has 5 nitrogen and oxygen atoms in total. The molecule has 1 aliphatic carbocycles. The predicted octanol–water partition coefficient (Wildman–Crippen LogP) is 4.31. The van der Waals surface area contributed by atoms with Crippen LogP contribution in [0.15, 0.2) is 64.3 Å². The smallest absolute Gasteiger partial charge is 0.267 e. The minimum Gasteiger partial charge on any atom is -0.268 e. The molecule has 1 aromatic heterocycles. The van der Waals surface area contributed by atoms with Crippen LogP contribution in [0.5, 0.6) is 0 Å². The summed E-state index contributed by atoms with van der Waals surface area (Å²) >= 11 is 0. The molecule has 0 amide bonds. The second kappa shape index (κ2) is 8.14. The highest BCUT2D eigenvalue weighted by Crippen LogP contribution is 2.31. The fraction of sp³-hybridized carbons (Fsp3) is 0.304. The number of halogens is 1. The first-order valence-corrected chi connectivity index (χ1v) is 11.9. The van der Waals surface area contributed by atoms with Gasteiger partial charge in [0.15, 0.2) is 9.84 Å². The average molecular weight is 427 g/mol. The Balaban J connectivity index is 1.83. The van der Waals surface area contributed by atoms with Gasteiger partial charge in [0.25, 0.3) is 5.56 Å². The standard InChI is InChI=1S/C23H23FN2O3S/c1-30(28,29)20-12-8-17(9-13-20)21-14-22(27)26(15-16-4-2-3-5-16)25-23(21)18-6-10-19(24)11-7-18/h6-14,16H,2-5,15H2,1H3. The summed E-state index contributed by atoms with van der Waals surface area (Å²) in [4.78, 5) is 13.0. The van der Waals surface area contributed by atoms with Crippen LogP contribution in [-0.2, 0) is 16.4 Å². The largest absolute Gasteiger partial charge is 0.268 e. The van der Waals surface area contributed by atoms with Crippen LogP contribution in [-0.4, -0.2) is 24.5 Å². The third-order valence-electron chi connectivity index (χ3n) is 5.62. The SMILES string of the molecule is CS(=O)(=O)c1ccc(-c2cc(=O)n(CC3CCCC3)nc2-c2ccc(F)cc2)cc1. The van der Waals surface area contributed by atoms with Crippen molar-refractivity contribution < 1.29 is 12.8 Å². The third-order valence-corrected chi connectivity index (χ3v) is 6.74. The van der Waals surface area contributed by atoms with Crippen molar-refractivity contribution in [3.8, 4) is 22.4 Å². The van der Waals surface area contributed by atoms with E-state index in [4.69, 9.17) is 0 Å². The van der Waals surface area contributed by atoms with E-state index in [9.17, 15) is 17.6 Å². The molecule has 30 heavy (non-hydrogen) atoms. The normalized spacial score (nSPS) is 14.9. The molecule has 0 bridgehead atoms. The second-order valence-corrected chi connectivity index (χ2v) is 9.90. The minimum atomic E-state index is -3.32. The molecule has 0 aliphatic heterocycles. The summed E-state index contributed by atoms with van der Waals surface area (Å²) in [7, 11) is -3.32. The zero-order valence-electron chi connectivity index (χ0n) is 16.7. The van der Waals surface area contributed by atoms with Gasteiger partial charge in [-0.25, -0.2) is 17.5 Å². The molecule has 1 aliphatic rings. The number of nitrogens with zero attached hydrogens (tertiary/aromatic N) is 2. The number of benzene rings is 2. The van der Waals surface area contributed by atoms with Gasteiger partial charge in [0.1, 0.15) is 5.82 Å². The molecule has 0 atom stereocenters. The van der Waals surface area contributed by atoms with Gasteiger partial charge in [-0.2, -0.15) is 5.10 Å². The molecule has 1 heterocycles. The first kappa shape index (κ1) is 20.5. The van der Waals surface area contributed by atoms with E-state index >= 15 is 0 Å². The number of aromatic nitrogens is 2. The molecule has 156 valence electrons. The van der Waals surface area contributed by atoms with Gasteiger partial charge in [-0.15, -0.1) is 0 Å². The van der Waals surface area contributed by atoms with Crippen molar-refractivity contribution in [2.75, 3.05) is 6.26 Å². The molecule has 0 saturated heterocycles. The Morgan fingerprint density at radius 1 is 1.00 bits per heavy atom. The van der Waals surface area contributed by atoms with E-state index in [2.05, 4.69) is 5.10 Å². The highest BCUT2D eigenvalue weighted by molar-refractivity contribution is 7.90. The fourth-order valence-electron chi connectivity index (χ4n) is 3.98. The lowest BCUT2D eigenvalue weighted by Crippen LogP contribution is -2.26. The lowest BCUT2D eigenvalue weighted by atomic mass is 10.00. The summed E-state index contributed by atoms with van der Waals surface area (Å²) in [6, 6.07) is 13.9. The predicted molar refractivity (Wildman–Crippen MR) is 114 cm³/mol. The van der Waals surface area contributed by atoms with E-state index in [1.165, 1.54) is 47.9 Å². The topological polar surface area (TPSA) is 69.0 Å². The van der Waals surface area contributed by atoms with Crippen molar-refractivity contribution in [1.82, 2.24) is 9.78 Å². The quantitative estimate of drug-likeness (QED) is 0.610. The van der Waals surface area contributed by atoms with Gasteiger partial charge < -0.3 is 0 Å². The van der Waals surface area contributed by atoms with Gasteiger partial charge in [0, 0.05) is 30.0 Å². The molecule has 0 N–H and O–H groups in total. The van der Waals surface area contributed by atoms with Gasteiger partial charge in [-0.3, -0.25) is 4.79 Å². The van der Waals surface area contributed by atoms with Crippen molar-refractivity contribution in [3.05, 3.63) is 70.8 Å². The highest BCUT2D eigenvalue weighted by atomic mass is 32.2. The minimum absolute atomic E-state index is 0.199. The molecular formula is C23H23FN2O3S. The van der Waals surface area contributed by atoms with Crippen LogP contribution in [0.25, 0.3) is 22.4 Å². The first-order valence-electron chi connectivity index (χ1n) is 10.00. The maximum atomic E-state index is 13.5. The Hall–Kier alpha value is -2.80. The monoisotopic (exact) mass is 426 g/mol. The van der Waals surface area contributed by atoms with Gasteiger partial charge in [0.05, 0.1) is 10.6 Å². The van der Waals surface area contributed by atoms with E-state index < -0.39 is 9.84 Å². The van der Waals surface area contributed by atoms with Crippen molar-refractivity contribution >= 4 is 9.84 Å². The van der Waals surface area contributed by atoms with E-state index in [-0.39, 0.29) is 16.3 Å². The molecule has 1 fully saturated rings. The van der Waals surface area contributed by atoms with Gasteiger partial charge in [-0.1, -0.05) is 25.0 Å². The van der Waals surface area contributed by atoms with E-state index in [1.54, 1.807) is 24.3 Å². The van der Waals surface area contributed by atoms with Crippen LogP contribution < -0.4 is 5.56 Å². The lowest BCUT2D eigenvalue weighted by Gasteiger charge is -2.15. The number of hydrogen-bond acceptors (Lipinski definition) is 4. The molecule has 1 saturated carbocycles. The number of sulfone groups is 1. The molecule has 0 spiro atoms. The molecule has 0 unspecified atom stereocenters. The summed E-state index contributed by atoms with van der Waals surface area (Å²) in [6.45, 7) is 0.570. The van der Waals surface area contributed by atoms with E-state index in [0.717, 1.165) is 19.1 Å². The van der Waals surface area contributed by atoms with Crippen molar-refractivity contribution in [1.29, 1.82) is 0 Å². The fourth-order valence-corrected chi connectivity index (χ4v) is 4.61. The average Bonchev–Trinajstić information content (AvgIpc) is 3.23. The molecule has 0 radical (unpaired) electrons. The Bertz CT molecular complexity index is 1210. The van der Waals surface area contributed by atoms with Crippen LogP contribution in [0.3, 0.4) is 0 Å². The van der Waals surface area contributed by atoms with Crippen molar-refractivity contribution in [2.45, 2.75) is 37.1 Å². The zero-order chi connectivity index (χ0) is 21.3. The number of hydrogen-bond donors (Lipinski definition) is 0. The van der Waals surface area contributed by atoms with Gasteiger partial charge >= 0.3 is 0 Å². The molecule has 2 aromatic carbocycles. The molecule has 7 heteroatoms. The summed E-state index contributed by atoms with van der Waals surface area (Å²) in [6.07, 6.45) is 5.69. The summed E-state index contributed by atoms with van der Waals surface area (Å²) in [5.41, 5.74) is 2.34. The van der Waals surface area contributed by atoms with E-state index in [1.807, 2.05) is 0 Å². The van der Waals surface area contributed by atoms with Crippen molar-refractivity contribution in [2.24, 2.45) is 5.92 Å². The Morgan fingerprint density at radius 3 is 2.20 bits per heavy atom. The maximum absolute atomic E-state index is 13.5. The van der Waals surface area contributed by atoms with Crippen LogP contribution in [0, 0.1) is 11.7 Å². The summed E-state index contributed by atoms with van der Waals surface area (Å²) in [5.74, 6) is 0.0910. The van der Waals surface area contributed by atoms with Crippen molar-refractivity contribution in [3.63, 3.8) is 0 Å². The second-order valence-electron chi connectivity index (χ2n) is 7.88. The van der Waals surface area contributed by atoms with Gasteiger partial charge in [0.2, 0.25) is 0 Å². The lowest BCUT2D eigenvalue weighted by molar-refractivity contribution is 0.416. The van der Waals surface area contributed by atoms with Crippen LogP contribution >= 0.6 is 0 Å². The summed E-state index contributed by atoms with van der Waals surface area (Å²) < 4.78 is 38.5. The van der Waals surface area contributed by atoms with Gasteiger partial charge in [-0.05, 0) is 60.7 Å². The third kappa shape index (κ3) is 4.36. The van der Waals surface area contributed by atoms with Crippen LogP contribution in [0.2, 0.25) is 0 Å². The molecule has 3 aromatic rings. The van der Waals surface area contributed by atoms with Crippen LogP contribution in [0.1, 0.15) is 25.7 Å². The Morgan fingerprint density at radius 2 is 1.60 bits per heavy atom. The maximum Gasteiger partial charge on any atom is 0.267 e. The Kier molecular flexibility index (Phi) is 5.56. The zero-order valence-corrected chi connectivity index (χ0v) is 17.5. The van der Waals surface area contributed by atoms with Crippen LogP contribution in [0.4, 0.5) is 4.39 Å². The first-order chi connectivity index (χ1) is 14.3. The molecule has 4 rings (SSSR count). The summed E-state index contributed by atoms with van der Waals surface area (Å²) in [5, 5.41) is 4.65. The number of rotatable bonds is 5. The Labute approximate surface area is 175 Å². The highest BCUT2D eigenvalue weighted by Gasteiger charge is 2.19.